The molecule has 2 aliphatic rings. The van der Waals surface area contributed by atoms with Crippen molar-refractivity contribution in [1.82, 2.24) is 5.32 Å². The molecule has 0 aliphatic heterocycles. The van der Waals surface area contributed by atoms with Crippen molar-refractivity contribution in [2.24, 2.45) is 5.92 Å². The minimum absolute atomic E-state index is 0.159. The molecule has 0 aromatic heterocycles. The van der Waals surface area contributed by atoms with Crippen LogP contribution in [0.3, 0.4) is 0 Å². The Morgan fingerprint density at radius 3 is 2.50 bits per heavy atom. The van der Waals surface area contributed by atoms with Gasteiger partial charge in [-0.2, -0.15) is 0 Å². The lowest BCUT2D eigenvalue weighted by molar-refractivity contribution is -0.106. The Morgan fingerprint density at radius 2 is 1.89 bits per heavy atom. The summed E-state index contributed by atoms with van der Waals surface area (Å²) in [6.45, 7) is 7.88. The molecule has 18 heavy (non-hydrogen) atoms. The Balaban J connectivity index is 1.88. The summed E-state index contributed by atoms with van der Waals surface area (Å²) >= 11 is 0. The zero-order valence-electron chi connectivity index (χ0n) is 12.5. The van der Waals surface area contributed by atoms with E-state index < -0.39 is 0 Å². The first-order valence-electron chi connectivity index (χ1n) is 8.01. The molecule has 2 heteroatoms. The third-order valence-electron chi connectivity index (χ3n) is 4.65. The number of rotatable bonds is 5. The summed E-state index contributed by atoms with van der Waals surface area (Å²) in [6, 6.07) is 0.566. The van der Waals surface area contributed by atoms with E-state index >= 15 is 0 Å². The minimum atomic E-state index is 0.159. The zero-order valence-corrected chi connectivity index (χ0v) is 12.5. The molecule has 0 amide bonds. The maximum atomic E-state index is 6.60. The molecule has 2 saturated carbocycles. The van der Waals surface area contributed by atoms with Gasteiger partial charge in [-0.25, -0.2) is 0 Å². The van der Waals surface area contributed by atoms with Crippen molar-refractivity contribution in [2.75, 3.05) is 6.54 Å². The van der Waals surface area contributed by atoms with Crippen LogP contribution in [-0.2, 0) is 4.74 Å². The fourth-order valence-electron chi connectivity index (χ4n) is 3.58. The Labute approximate surface area is 113 Å². The van der Waals surface area contributed by atoms with Crippen molar-refractivity contribution in [3.05, 3.63) is 0 Å². The third-order valence-corrected chi connectivity index (χ3v) is 4.65. The number of hydrogen-bond donors (Lipinski definition) is 1. The molecule has 0 heterocycles. The van der Waals surface area contributed by atoms with Crippen LogP contribution in [0.2, 0.25) is 0 Å². The average Bonchev–Trinajstić information content (AvgIpc) is 2.76. The Kier molecular flexibility index (Phi) is 5.08. The molecule has 0 bridgehead atoms. The summed E-state index contributed by atoms with van der Waals surface area (Å²) in [4.78, 5) is 0. The fourth-order valence-corrected chi connectivity index (χ4v) is 3.58. The second-order valence-corrected chi connectivity index (χ2v) is 6.94. The molecular weight excluding hydrogens is 222 g/mol. The van der Waals surface area contributed by atoms with Gasteiger partial charge in [0, 0.05) is 12.6 Å². The van der Waals surface area contributed by atoms with Gasteiger partial charge in [0.15, 0.2) is 0 Å². The van der Waals surface area contributed by atoms with Gasteiger partial charge in [-0.1, -0.05) is 46.5 Å². The van der Waals surface area contributed by atoms with Crippen LogP contribution in [0.4, 0.5) is 0 Å². The molecule has 0 aromatic carbocycles. The van der Waals surface area contributed by atoms with Crippen LogP contribution in [0.5, 0.6) is 0 Å². The Hall–Kier alpha value is -0.0800. The number of nitrogens with one attached hydrogen (secondary N) is 1. The van der Waals surface area contributed by atoms with E-state index in [9.17, 15) is 0 Å². The van der Waals surface area contributed by atoms with Crippen LogP contribution in [0, 0.1) is 5.92 Å². The second kappa shape index (κ2) is 6.38. The highest BCUT2D eigenvalue weighted by atomic mass is 16.5. The van der Waals surface area contributed by atoms with Crippen molar-refractivity contribution in [1.29, 1.82) is 0 Å². The lowest BCUT2D eigenvalue weighted by Gasteiger charge is -2.37. The Bertz CT molecular complexity index is 245. The quantitative estimate of drug-likeness (QED) is 0.802. The van der Waals surface area contributed by atoms with Crippen molar-refractivity contribution in [2.45, 2.75) is 89.9 Å². The van der Waals surface area contributed by atoms with Crippen LogP contribution in [0.15, 0.2) is 0 Å². The maximum absolute atomic E-state index is 6.60. The lowest BCUT2D eigenvalue weighted by atomic mass is 9.88. The molecule has 1 N–H and O–H groups in total. The van der Waals surface area contributed by atoms with Gasteiger partial charge in [-0.05, 0) is 31.6 Å². The van der Waals surface area contributed by atoms with Crippen LogP contribution < -0.4 is 5.32 Å². The molecule has 0 saturated heterocycles. The van der Waals surface area contributed by atoms with Crippen molar-refractivity contribution >= 4 is 0 Å². The molecule has 2 aliphatic carbocycles. The normalized spacial score (nSPS) is 32.0. The van der Waals surface area contributed by atoms with E-state index in [4.69, 9.17) is 4.74 Å². The van der Waals surface area contributed by atoms with Gasteiger partial charge < -0.3 is 10.1 Å². The third kappa shape index (κ3) is 3.96. The molecule has 2 fully saturated rings. The maximum Gasteiger partial charge on any atom is 0.0810 e. The molecule has 0 spiro atoms. The topological polar surface area (TPSA) is 21.3 Å². The molecular formula is C16H31NO. The van der Waals surface area contributed by atoms with E-state index in [2.05, 4.69) is 26.1 Å². The summed E-state index contributed by atoms with van der Waals surface area (Å²) in [7, 11) is 0. The predicted molar refractivity (Wildman–Crippen MR) is 76.8 cm³/mol. The highest BCUT2D eigenvalue weighted by molar-refractivity contribution is 4.91. The summed E-state index contributed by atoms with van der Waals surface area (Å²) < 4.78 is 6.60. The Morgan fingerprint density at radius 1 is 1.17 bits per heavy atom. The predicted octanol–water partition coefficient (Wildman–Crippen LogP) is 3.89. The molecule has 0 radical (unpaired) electrons. The molecule has 106 valence electrons. The van der Waals surface area contributed by atoms with E-state index in [-0.39, 0.29) is 5.60 Å². The van der Waals surface area contributed by atoms with Gasteiger partial charge >= 0.3 is 0 Å². The monoisotopic (exact) mass is 253 g/mol. The molecule has 0 aromatic rings. The summed E-state index contributed by atoms with van der Waals surface area (Å²) in [5.41, 5.74) is 0.159. The minimum Gasteiger partial charge on any atom is -0.370 e. The van der Waals surface area contributed by atoms with Gasteiger partial charge in [0.1, 0.15) is 0 Å². The van der Waals surface area contributed by atoms with Crippen molar-refractivity contribution in [3.63, 3.8) is 0 Å². The fraction of sp³-hybridized carbons (Fsp3) is 1.00. The van der Waals surface area contributed by atoms with E-state index in [0.717, 1.165) is 12.5 Å². The zero-order chi connectivity index (χ0) is 13.0. The largest absolute Gasteiger partial charge is 0.370 e. The van der Waals surface area contributed by atoms with Gasteiger partial charge in [-0.3, -0.25) is 0 Å². The SMILES string of the molecule is CC1CCCC(OC2(CNC(C)C)CCCC2)C1. The van der Waals surface area contributed by atoms with E-state index in [1.807, 2.05) is 0 Å². The highest BCUT2D eigenvalue weighted by Crippen LogP contribution is 2.37. The number of hydrogen-bond acceptors (Lipinski definition) is 2. The first-order valence-corrected chi connectivity index (χ1v) is 8.01. The van der Waals surface area contributed by atoms with E-state index in [1.165, 1.54) is 51.4 Å². The van der Waals surface area contributed by atoms with Crippen LogP contribution in [0.25, 0.3) is 0 Å². The van der Waals surface area contributed by atoms with Gasteiger partial charge in [0.25, 0.3) is 0 Å². The molecule has 2 nitrogen and oxygen atoms in total. The lowest BCUT2D eigenvalue weighted by Crippen LogP contribution is -2.46. The van der Waals surface area contributed by atoms with Crippen molar-refractivity contribution < 1.29 is 4.74 Å². The van der Waals surface area contributed by atoms with E-state index in [1.54, 1.807) is 0 Å². The smallest absolute Gasteiger partial charge is 0.0810 e. The number of ether oxygens (including phenoxy) is 1. The van der Waals surface area contributed by atoms with E-state index in [0.29, 0.717) is 12.1 Å². The first kappa shape index (κ1) is 14.3. The molecule has 2 atom stereocenters. The summed E-state index contributed by atoms with van der Waals surface area (Å²) in [6.07, 6.45) is 11.1. The average molecular weight is 253 g/mol. The first-order chi connectivity index (χ1) is 8.60. The van der Waals surface area contributed by atoms with Gasteiger partial charge in [0.05, 0.1) is 11.7 Å². The molecule has 2 unspecified atom stereocenters. The summed E-state index contributed by atoms with van der Waals surface area (Å²) in [5, 5.41) is 3.60. The van der Waals surface area contributed by atoms with Crippen LogP contribution >= 0.6 is 0 Å². The standard InChI is InChI=1S/C16H31NO/c1-13(2)17-12-16(9-4-5-10-16)18-15-8-6-7-14(3)11-15/h13-15,17H,4-12H2,1-3H3. The van der Waals surface area contributed by atoms with Crippen LogP contribution in [-0.4, -0.2) is 24.3 Å². The van der Waals surface area contributed by atoms with Crippen LogP contribution in [0.1, 0.15) is 72.1 Å². The van der Waals surface area contributed by atoms with Gasteiger partial charge in [-0.15, -0.1) is 0 Å². The summed E-state index contributed by atoms with van der Waals surface area (Å²) in [5.74, 6) is 0.861. The molecule has 2 rings (SSSR count). The van der Waals surface area contributed by atoms with Crippen molar-refractivity contribution in [3.8, 4) is 0 Å². The second-order valence-electron chi connectivity index (χ2n) is 6.94. The van der Waals surface area contributed by atoms with Gasteiger partial charge in [0.2, 0.25) is 0 Å². The highest BCUT2D eigenvalue weighted by Gasteiger charge is 2.37.